The second kappa shape index (κ2) is 5.21. The molecule has 1 aromatic carbocycles. The lowest BCUT2D eigenvalue weighted by Gasteiger charge is -2.17. The van der Waals surface area contributed by atoms with Gasteiger partial charge in [0.1, 0.15) is 11.9 Å². The summed E-state index contributed by atoms with van der Waals surface area (Å²) >= 11 is 0. The van der Waals surface area contributed by atoms with Crippen molar-refractivity contribution >= 4 is 5.97 Å². The van der Waals surface area contributed by atoms with E-state index in [4.69, 9.17) is 9.47 Å². The van der Waals surface area contributed by atoms with E-state index in [1.807, 2.05) is 24.3 Å². The minimum Gasteiger partial charge on any atom is -0.497 e. The topological polar surface area (TPSA) is 35.5 Å². The lowest BCUT2D eigenvalue weighted by atomic mass is 9.90. The second-order valence-electron chi connectivity index (χ2n) is 4.40. The maximum absolute atomic E-state index is 11.4. The van der Waals surface area contributed by atoms with Gasteiger partial charge in [-0.1, -0.05) is 25.5 Å². The fourth-order valence-electron chi connectivity index (χ4n) is 2.34. The third-order valence-electron chi connectivity index (χ3n) is 3.24. The Kier molecular flexibility index (Phi) is 3.67. The number of rotatable bonds is 4. The van der Waals surface area contributed by atoms with E-state index in [1.54, 1.807) is 7.11 Å². The minimum absolute atomic E-state index is 0.0425. The maximum Gasteiger partial charge on any atom is 0.306 e. The van der Waals surface area contributed by atoms with Crippen molar-refractivity contribution in [3.8, 4) is 5.75 Å². The Hall–Kier alpha value is -1.51. The Labute approximate surface area is 102 Å². The third kappa shape index (κ3) is 2.60. The van der Waals surface area contributed by atoms with Gasteiger partial charge in [-0.3, -0.25) is 4.79 Å². The molecule has 0 N–H and O–H groups in total. The van der Waals surface area contributed by atoms with E-state index in [2.05, 4.69) is 6.92 Å². The largest absolute Gasteiger partial charge is 0.497 e. The van der Waals surface area contributed by atoms with Crippen molar-refractivity contribution in [2.45, 2.75) is 38.2 Å². The molecule has 0 spiro atoms. The van der Waals surface area contributed by atoms with E-state index in [0.29, 0.717) is 6.42 Å². The van der Waals surface area contributed by atoms with Gasteiger partial charge < -0.3 is 9.47 Å². The normalized spacial score (nSPS) is 23.5. The number of carbonyl (C=O) groups is 1. The van der Waals surface area contributed by atoms with Crippen molar-refractivity contribution in [2.75, 3.05) is 7.11 Å². The molecule has 1 heterocycles. The first-order chi connectivity index (χ1) is 8.24. The molecular weight excluding hydrogens is 216 g/mol. The van der Waals surface area contributed by atoms with Gasteiger partial charge >= 0.3 is 5.97 Å². The van der Waals surface area contributed by atoms with Crippen LogP contribution in [0.25, 0.3) is 0 Å². The van der Waals surface area contributed by atoms with Crippen LogP contribution in [0.15, 0.2) is 24.3 Å². The lowest BCUT2D eigenvalue weighted by molar-refractivity contribution is -0.141. The number of carbonyl (C=O) groups excluding carboxylic acids is 1. The summed E-state index contributed by atoms with van der Waals surface area (Å²) in [6.07, 6.45) is 2.50. The van der Waals surface area contributed by atoms with Gasteiger partial charge in [0.05, 0.1) is 13.5 Å². The van der Waals surface area contributed by atoms with E-state index in [1.165, 1.54) is 0 Å². The molecule has 3 heteroatoms. The van der Waals surface area contributed by atoms with Crippen LogP contribution < -0.4 is 4.74 Å². The van der Waals surface area contributed by atoms with Gasteiger partial charge in [-0.2, -0.15) is 0 Å². The number of cyclic esters (lactones) is 1. The van der Waals surface area contributed by atoms with Gasteiger partial charge in [-0.25, -0.2) is 0 Å². The second-order valence-corrected chi connectivity index (χ2v) is 4.40. The van der Waals surface area contributed by atoms with Gasteiger partial charge in [0.25, 0.3) is 0 Å². The van der Waals surface area contributed by atoms with Gasteiger partial charge in [0.2, 0.25) is 0 Å². The Morgan fingerprint density at radius 1 is 1.35 bits per heavy atom. The van der Waals surface area contributed by atoms with Crippen LogP contribution in [0.5, 0.6) is 5.75 Å². The number of ether oxygens (including phenoxy) is 2. The number of benzene rings is 1. The summed E-state index contributed by atoms with van der Waals surface area (Å²) in [6, 6.07) is 7.91. The summed E-state index contributed by atoms with van der Waals surface area (Å²) in [5.74, 6) is 0.962. The molecule has 3 nitrogen and oxygen atoms in total. The van der Waals surface area contributed by atoms with Gasteiger partial charge in [-0.05, 0) is 24.1 Å². The number of hydrogen-bond donors (Lipinski definition) is 0. The molecule has 92 valence electrons. The molecule has 0 saturated carbocycles. The monoisotopic (exact) mass is 234 g/mol. The average molecular weight is 234 g/mol. The summed E-state index contributed by atoms with van der Waals surface area (Å²) in [4.78, 5) is 11.4. The van der Waals surface area contributed by atoms with E-state index in [9.17, 15) is 4.79 Å². The number of methoxy groups -OCH3 is 1. The summed E-state index contributed by atoms with van der Waals surface area (Å²) < 4.78 is 10.5. The molecule has 17 heavy (non-hydrogen) atoms. The van der Waals surface area contributed by atoms with Crippen LogP contribution >= 0.6 is 0 Å². The zero-order chi connectivity index (χ0) is 12.3. The van der Waals surface area contributed by atoms with Crippen LogP contribution in [0.3, 0.4) is 0 Å². The number of hydrogen-bond acceptors (Lipinski definition) is 3. The average Bonchev–Trinajstić information content (AvgIpc) is 2.71. The molecule has 0 bridgehead atoms. The molecule has 1 fully saturated rings. The molecule has 1 aromatic rings. The molecule has 2 rings (SSSR count). The fourth-order valence-corrected chi connectivity index (χ4v) is 2.34. The number of esters is 1. The first-order valence-electron chi connectivity index (χ1n) is 6.08. The minimum atomic E-state index is -0.0794. The van der Waals surface area contributed by atoms with Crippen molar-refractivity contribution in [3.05, 3.63) is 29.8 Å². The highest BCUT2D eigenvalue weighted by atomic mass is 16.5. The molecule has 2 atom stereocenters. The zero-order valence-electron chi connectivity index (χ0n) is 10.3. The van der Waals surface area contributed by atoms with Crippen LogP contribution in [-0.2, 0) is 9.53 Å². The van der Waals surface area contributed by atoms with Crippen molar-refractivity contribution in [3.63, 3.8) is 0 Å². The molecule has 0 aromatic heterocycles. The molecule has 1 aliphatic heterocycles. The summed E-state index contributed by atoms with van der Waals surface area (Å²) in [5.41, 5.74) is 1.16. The Morgan fingerprint density at radius 2 is 2.06 bits per heavy atom. The predicted molar refractivity (Wildman–Crippen MR) is 65.1 cm³/mol. The molecule has 0 aliphatic carbocycles. The first kappa shape index (κ1) is 12.0. The molecule has 0 radical (unpaired) electrons. The van der Waals surface area contributed by atoms with Crippen molar-refractivity contribution in [1.29, 1.82) is 0 Å². The van der Waals surface area contributed by atoms with Crippen LogP contribution in [-0.4, -0.2) is 19.2 Å². The first-order valence-corrected chi connectivity index (χ1v) is 6.08. The summed E-state index contributed by atoms with van der Waals surface area (Å²) in [7, 11) is 1.65. The highest BCUT2D eigenvalue weighted by Crippen LogP contribution is 2.35. The molecule has 0 unspecified atom stereocenters. The van der Waals surface area contributed by atoms with Gasteiger partial charge in [0, 0.05) is 5.92 Å². The van der Waals surface area contributed by atoms with Crippen molar-refractivity contribution < 1.29 is 14.3 Å². The fraction of sp³-hybridized carbons (Fsp3) is 0.500. The van der Waals surface area contributed by atoms with Crippen LogP contribution in [0.4, 0.5) is 0 Å². The quantitative estimate of drug-likeness (QED) is 0.751. The Balaban J connectivity index is 2.16. The van der Waals surface area contributed by atoms with Crippen molar-refractivity contribution in [1.82, 2.24) is 0 Å². The zero-order valence-corrected chi connectivity index (χ0v) is 10.3. The summed E-state index contributed by atoms with van der Waals surface area (Å²) in [6.45, 7) is 2.11. The van der Waals surface area contributed by atoms with E-state index >= 15 is 0 Å². The van der Waals surface area contributed by atoms with Crippen LogP contribution in [0, 0.1) is 0 Å². The SMILES string of the molecule is CCC[C@@H]1OC(=O)C[C@@H]1c1ccc(OC)cc1. The highest BCUT2D eigenvalue weighted by molar-refractivity contribution is 5.73. The smallest absolute Gasteiger partial charge is 0.306 e. The molecule has 0 amide bonds. The van der Waals surface area contributed by atoms with Gasteiger partial charge in [-0.15, -0.1) is 0 Å². The molecule has 1 aliphatic rings. The summed E-state index contributed by atoms with van der Waals surface area (Å²) in [5, 5.41) is 0. The van der Waals surface area contributed by atoms with E-state index in [0.717, 1.165) is 24.2 Å². The lowest BCUT2D eigenvalue weighted by Crippen LogP contribution is -2.14. The van der Waals surface area contributed by atoms with Crippen LogP contribution in [0.2, 0.25) is 0 Å². The molecule has 1 saturated heterocycles. The Bertz CT molecular complexity index is 383. The molecular formula is C14H18O3. The standard InChI is InChI=1S/C14H18O3/c1-3-4-13-12(9-14(15)17-13)10-5-7-11(16-2)8-6-10/h5-8,12-13H,3-4,9H2,1-2H3/t12-,13+/m1/s1. The Morgan fingerprint density at radius 3 is 2.65 bits per heavy atom. The van der Waals surface area contributed by atoms with E-state index < -0.39 is 0 Å². The van der Waals surface area contributed by atoms with Gasteiger partial charge in [0.15, 0.2) is 0 Å². The third-order valence-corrected chi connectivity index (χ3v) is 3.24. The predicted octanol–water partition coefficient (Wildman–Crippen LogP) is 2.89. The highest BCUT2D eigenvalue weighted by Gasteiger charge is 2.34. The van der Waals surface area contributed by atoms with E-state index in [-0.39, 0.29) is 18.0 Å². The van der Waals surface area contributed by atoms with Crippen LogP contribution in [0.1, 0.15) is 37.7 Å². The van der Waals surface area contributed by atoms with Crippen molar-refractivity contribution in [2.24, 2.45) is 0 Å². The maximum atomic E-state index is 11.4.